The van der Waals surface area contributed by atoms with Crippen molar-refractivity contribution in [3.63, 3.8) is 0 Å². The first-order chi connectivity index (χ1) is 11.2. The molecule has 23 heavy (non-hydrogen) atoms. The molecule has 3 rings (SSSR count). The zero-order chi connectivity index (χ0) is 16.1. The lowest BCUT2D eigenvalue weighted by atomic mass is 10.0. The summed E-state index contributed by atoms with van der Waals surface area (Å²) in [5.74, 6) is -0.293. The normalized spacial score (nSPS) is 19.2. The molecule has 1 fully saturated rings. The van der Waals surface area contributed by atoms with Crippen molar-refractivity contribution in [1.29, 1.82) is 0 Å². The largest absolute Gasteiger partial charge is 0.458 e. The van der Waals surface area contributed by atoms with Crippen molar-refractivity contribution in [2.45, 2.75) is 25.0 Å². The van der Waals surface area contributed by atoms with Crippen LogP contribution < -0.4 is 4.74 Å². The number of amides is 1. The molecule has 6 heteroatoms. The third-order valence-corrected chi connectivity index (χ3v) is 3.85. The minimum atomic E-state index is -1.14. The van der Waals surface area contributed by atoms with Crippen LogP contribution in [0.15, 0.2) is 48.8 Å². The summed E-state index contributed by atoms with van der Waals surface area (Å²) in [5, 5.41) is 10.3. The van der Waals surface area contributed by atoms with Gasteiger partial charge in [-0.25, -0.2) is 9.97 Å². The number of carbonyl (C=O) groups is 1. The van der Waals surface area contributed by atoms with Gasteiger partial charge in [0, 0.05) is 18.9 Å². The molecule has 2 heterocycles. The average Bonchev–Trinajstić information content (AvgIpc) is 2.62. The Bertz CT molecular complexity index is 636. The maximum Gasteiger partial charge on any atom is 0.316 e. The Hall–Kier alpha value is -2.47. The number of aliphatic hydroxyl groups excluding tert-OH is 1. The molecular weight excluding hydrogens is 294 g/mol. The van der Waals surface area contributed by atoms with Crippen LogP contribution in [0.2, 0.25) is 0 Å². The molecule has 2 unspecified atom stereocenters. The van der Waals surface area contributed by atoms with Crippen LogP contribution in [0.4, 0.5) is 0 Å². The molecule has 1 aromatic carbocycles. The van der Waals surface area contributed by atoms with Crippen molar-refractivity contribution in [3.05, 3.63) is 54.4 Å². The molecule has 1 aromatic heterocycles. The maximum absolute atomic E-state index is 12.5. The molecule has 0 saturated carbocycles. The molecule has 2 atom stereocenters. The third-order valence-electron chi connectivity index (χ3n) is 3.85. The molecule has 2 aromatic rings. The van der Waals surface area contributed by atoms with Gasteiger partial charge in [-0.3, -0.25) is 4.79 Å². The van der Waals surface area contributed by atoms with Crippen LogP contribution in [0.1, 0.15) is 24.5 Å². The van der Waals surface area contributed by atoms with E-state index >= 15 is 0 Å². The minimum Gasteiger partial charge on any atom is -0.458 e. The summed E-state index contributed by atoms with van der Waals surface area (Å²) in [6.45, 7) is 1.05. The van der Waals surface area contributed by atoms with Crippen LogP contribution in [-0.4, -0.2) is 45.1 Å². The van der Waals surface area contributed by atoms with Gasteiger partial charge in [-0.05, 0) is 24.5 Å². The summed E-state index contributed by atoms with van der Waals surface area (Å²) in [6, 6.07) is 11.0. The van der Waals surface area contributed by atoms with Crippen molar-refractivity contribution < 1.29 is 14.6 Å². The van der Waals surface area contributed by atoms with Crippen molar-refractivity contribution in [1.82, 2.24) is 14.9 Å². The Morgan fingerprint density at radius 2 is 1.96 bits per heavy atom. The third kappa shape index (κ3) is 3.84. The molecule has 1 aliphatic rings. The number of ether oxygens (including phenoxy) is 1. The number of rotatable bonds is 4. The monoisotopic (exact) mass is 313 g/mol. The van der Waals surface area contributed by atoms with E-state index in [-0.39, 0.29) is 12.0 Å². The van der Waals surface area contributed by atoms with Gasteiger partial charge >= 0.3 is 6.01 Å². The maximum atomic E-state index is 12.5. The summed E-state index contributed by atoms with van der Waals surface area (Å²) in [6.07, 6.45) is 3.61. The number of hydrogen-bond donors (Lipinski definition) is 1. The number of carbonyl (C=O) groups excluding carboxylic acids is 1. The molecule has 0 radical (unpaired) electrons. The first kappa shape index (κ1) is 15.4. The average molecular weight is 313 g/mol. The van der Waals surface area contributed by atoms with Crippen molar-refractivity contribution in [3.8, 4) is 6.01 Å². The highest BCUT2D eigenvalue weighted by molar-refractivity contribution is 5.82. The van der Waals surface area contributed by atoms with Crippen LogP contribution >= 0.6 is 0 Å². The molecule has 6 nitrogen and oxygen atoms in total. The lowest BCUT2D eigenvalue weighted by Crippen LogP contribution is -2.46. The van der Waals surface area contributed by atoms with Crippen LogP contribution in [0.25, 0.3) is 0 Å². The Morgan fingerprint density at radius 1 is 1.22 bits per heavy atom. The van der Waals surface area contributed by atoms with Gasteiger partial charge in [-0.2, -0.15) is 0 Å². The van der Waals surface area contributed by atoms with Gasteiger partial charge in [0.15, 0.2) is 6.10 Å². The first-order valence-corrected chi connectivity index (χ1v) is 7.69. The predicted molar refractivity (Wildman–Crippen MR) is 83.7 cm³/mol. The number of piperidine rings is 1. The van der Waals surface area contributed by atoms with E-state index in [1.54, 1.807) is 47.6 Å². The van der Waals surface area contributed by atoms with Gasteiger partial charge in [0.25, 0.3) is 5.91 Å². The van der Waals surface area contributed by atoms with E-state index in [1.807, 2.05) is 6.07 Å². The topological polar surface area (TPSA) is 75.5 Å². The Balaban J connectivity index is 1.63. The summed E-state index contributed by atoms with van der Waals surface area (Å²) in [5.41, 5.74) is 0.604. The summed E-state index contributed by atoms with van der Waals surface area (Å²) in [4.78, 5) is 22.2. The van der Waals surface area contributed by atoms with Gasteiger partial charge in [0.1, 0.15) is 6.10 Å². The first-order valence-electron chi connectivity index (χ1n) is 7.69. The van der Waals surface area contributed by atoms with Gasteiger partial charge < -0.3 is 14.7 Å². The molecule has 1 saturated heterocycles. The Labute approximate surface area is 134 Å². The highest BCUT2D eigenvalue weighted by Crippen LogP contribution is 2.20. The highest BCUT2D eigenvalue weighted by Gasteiger charge is 2.29. The summed E-state index contributed by atoms with van der Waals surface area (Å²) >= 11 is 0. The summed E-state index contributed by atoms with van der Waals surface area (Å²) in [7, 11) is 0. The Morgan fingerprint density at radius 3 is 2.70 bits per heavy atom. The van der Waals surface area contributed by atoms with Crippen molar-refractivity contribution in [2.75, 3.05) is 13.1 Å². The van der Waals surface area contributed by atoms with E-state index in [0.29, 0.717) is 24.7 Å². The van der Waals surface area contributed by atoms with E-state index in [1.165, 1.54) is 0 Å². The van der Waals surface area contributed by atoms with E-state index in [9.17, 15) is 9.90 Å². The number of benzene rings is 1. The number of aromatic nitrogens is 2. The molecule has 1 N–H and O–H groups in total. The number of nitrogens with zero attached hydrogens (tertiary/aromatic N) is 3. The standard InChI is InChI=1S/C17H19N3O3/c21-15(13-6-2-1-3-7-13)16(22)20-11-4-8-14(12-20)23-17-18-9-5-10-19-17/h1-3,5-7,9-10,14-15,21H,4,8,11-12H2. The van der Waals surface area contributed by atoms with Gasteiger partial charge in [-0.15, -0.1) is 0 Å². The zero-order valence-electron chi connectivity index (χ0n) is 12.7. The molecule has 0 bridgehead atoms. The lowest BCUT2D eigenvalue weighted by molar-refractivity contribution is -0.143. The van der Waals surface area contributed by atoms with E-state index in [2.05, 4.69) is 9.97 Å². The van der Waals surface area contributed by atoms with Crippen LogP contribution in [0.5, 0.6) is 6.01 Å². The minimum absolute atomic E-state index is 0.155. The smallest absolute Gasteiger partial charge is 0.316 e. The van der Waals surface area contributed by atoms with Crippen molar-refractivity contribution in [2.24, 2.45) is 0 Å². The Kier molecular flexibility index (Phi) is 4.83. The molecule has 120 valence electrons. The van der Waals surface area contributed by atoms with E-state index in [0.717, 1.165) is 12.8 Å². The second-order valence-corrected chi connectivity index (χ2v) is 5.51. The lowest BCUT2D eigenvalue weighted by Gasteiger charge is -2.33. The van der Waals surface area contributed by atoms with Crippen molar-refractivity contribution >= 4 is 5.91 Å². The quantitative estimate of drug-likeness (QED) is 0.927. The zero-order valence-corrected chi connectivity index (χ0v) is 12.7. The van der Waals surface area contributed by atoms with Gasteiger partial charge in [0.2, 0.25) is 0 Å². The fourth-order valence-corrected chi connectivity index (χ4v) is 2.68. The van der Waals surface area contributed by atoms with E-state index in [4.69, 9.17) is 4.74 Å². The SMILES string of the molecule is O=C(C(O)c1ccccc1)N1CCCC(Oc2ncccn2)C1. The van der Waals surface area contributed by atoms with Crippen LogP contribution in [0, 0.1) is 0 Å². The van der Waals surface area contributed by atoms with Crippen LogP contribution in [0.3, 0.4) is 0 Å². The molecule has 1 amide bonds. The summed E-state index contributed by atoms with van der Waals surface area (Å²) < 4.78 is 5.72. The fraction of sp³-hybridized carbons (Fsp3) is 0.353. The second-order valence-electron chi connectivity index (χ2n) is 5.51. The van der Waals surface area contributed by atoms with Gasteiger partial charge in [-0.1, -0.05) is 30.3 Å². The molecule has 1 aliphatic heterocycles. The molecule has 0 aliphatic carbocycles. The van der Waals surface area contributed by atoms with E-state index < -0.39 is 6.10 Å². The van der Waals surface area contributed by atoms with Gasteiger partial charge in [0.05, 0.1) is 6.54 Å². The fourth-order valence-electron chi connectivity index (χ4n) is 2.68. The highest BCUT2D eigenvalue weighted by atomic mass is 16.5. The molecule has 0 spiro atoms. The second kappa shape index (κ2) is 7.19. The number of aliphatic hydroxyl groups is 1. The predicted octanol–water partition coefficient (Wildman–Crippen LogP) is 1.58. The number of hydrogen-bond acceptors (Lipinski definition) is 5. The van der Waals surface area contributed by atoms with Crippen LogP contribution in [-0.2, 0) is 4.79 Å². The molecular formula is C17H19N3O3. The number of likely N-dealkylation sites (tertiary alicyclic amines) is 1.